The van der Waals surface area contributed by atoms with Crippen LogP contribution in [0.1, 0.15) is 19.4 Å². The van der Waals surface area contributed by atoms with Crippen molar-refractivity contribution in [2.75, 3.05) is 7.11 Å². The van der Waals surface area contributed by atoms with Crippen LogP contribution in [-0.2, 0) is 6.54 Å². The Morgan fingerprint density at radius 3 is 2.94 bits per heavy atom. The standard InChI is InChI=1S/C11H17N3O2/c1-8(2)14-11(15)13-7-9-4-5-12-10(6-9)16-3/h4-6,8H,7H2,1-3H3,(H2,13,14,15). The molecule has 88 valence electrons. The highest BCUT2D eigenvalue weighted by Crippen LogP contribution is 2.07. The minimum atomic E-state index is -0.175. The summed E-state index contributed by atoms with van der Waals surface area (Å²) in [7, 11) is 1.56. The number of urea groups is 1. The average Bonchev–Trinajstić information content (AvgIpc) is 2.26. The number of carbonyl (C=O) groups excluding carboxylic acids is 1. The molecule has 0 saturated carbocycles. The second-order valence-corrected chi connectivity index (χ2v) is 3.69. The molecule has 1 aromatic heterocycles. The minimum absolute atomic E-state index is 0.131. The number of hydrogen-bond donors (Lipinski definition) is 2. The lowest BCUT2D eigenvalue weighted by atomic mass is 10.2. The van der Waals surface area contributed by atoms with E-state index in [-0.39, 0.29) is 12.1 Å². The monoisotopic (exact) mass is 223 g/mol. The van der Waals surface area contributed by atoms with Gasteiger partial charge in [-0.05, 0) is 25.5 Å². The highest BCUT2D eigenvalue weighted by Gasteiger charge is 2.02. The van der Waals surface area contributed by atoms with Crippen LogP contribution in [0.2, 0.25) is 0 Å². The Morgan fingerprint density at radius 1 is 1.56 bits per heavy atom. The number of ether oxygens (including phenoxy) is 1. The molecule has 2 N–H and O–H groups in total. The van der Waals surface area contributed by atoms with Crippen molar-refractivity contribution in [1.29, 1.82) is 0 Å². The van der Waals surface area contributed by atoms with Crippen LogP contribution in [0, 0.1) is 0 Å². The van der Waals surface area contributed by atoms with Gasteiger partial charge >= 0.3 is 6.03 Å². The van der Waals surface area contributed by atoms with Crippen LogP contribution in [0.4, 0.5) is 4.79 Å². The van der Waals surface area contributed by atoms with Crippen LogP contribution in [0.3, 0.4) is 0 Å². The van der Waals surface area contributed by atoms with E-state index in [4.69, 9.17) is 4.74 Å². The van der Waals surface area contributed by atoms with Crippen LogP contribution in [0.5, 0.6) is 5.88 Å². The maximum atomic E-state index is 11.3. The van der Waals surface area contributed by atoms with Gasteiger partial charge in [-0.15, -0.1) is 0 Å². The highest BCUT2D eigenvalue weighted by molar-refractivity contribution is 5.74. The van der Waals surface area contributed by atoms with E-state index >= 15 is 0 Å². The summed E-state index contributed by atoms with van der Waals surface area (Å²) in [4.78, 5) is 15.3. The predicted molar refractivity (Wildman–Crippen MR) is 61.3 cm³/mol. The van der Waals surface area contributed by atoms with Gasteiger partial charge in [-0.3, -0.25) is 0 Å². The molecule has 0 aliphatic carbocycles. The van der Waals surface area contributed by atoms with Gasteiger partial charge in [0.05, 0.1) is 7.11 Å². The molecule has 0 spiro atoms. The summed E-state index contributed by atoms with van der Waals surface area (Å²) >= 11 is 0. The van der Waals surface area contributed by atoms with Gasteiger partial charge in [0.1, 0.15) is 0 Å². The van der Waals surface area contributed by atoms with Crippen molar-refractivity contribution < 1.29 is 9.53 Å². The Labute approximate surface area is 95.2 Å². The fourth-order valence-electron chi connectivity index (χ4n) is 1.17. The second-order valence-electron chi connectivity index (χ2n) is 3.69. The summed E-state index contributed by atoms with van der Waals surface area (Å²) in [5, 5.41) is 5.49. The molecule has 0 fully saturated rings. The molecule has 1 rings (SSSR count). The van der Waals surface area contributed by atoms with Crippen molar-refractivity contribution in [3.8, 4) is 5.88 Å². The first-order valence-electron chi connectivity index (χ1n) is 5.15. The number of hydrogen-bond acceptors (Lipinski definition) is 3. The van der Waals surface area contributed by atoms with E-state index in [2.05, 4.69) is 15.6 Å². The van der Waals surface area contributed by atoms with Crippen molar-refractivity contribution in [3.63, 3.8) is 0 Å². The molecule has 5 nitrogen and oxygen atoms in total. The largest absolute Gasteiger partial charge is 0.481 e. The van der Waals surface area contributed by atoms with E-state index in [0.717, 1.165) is 5.56 Å². The van der Waals surface area contributed by atoms with Crippen molar-refractivity contribution in [2.24, 2.45) is 0 Å². The summed E-state index contributed by atoms with van der Waals surface area (Å²) < 4.78 is 4.99. The third-order valence-electron chi connectivity index (χ3n) is 1.88. The first kappa shape index (κ1) is 12.3. The molecular weight excluding hydrogens is 206 g/mol. The first-order valence-corrected chi connectivity index (χ1v) is 5.15. The SMILES string of the molecule is COc1cc(CNC(=O)NC(C)C)ccn1. The Kier molecular flexibility index (Phi) is 4.57. The lowest BCUT2D eigenvalue weighted by Gasteiger charge is -2.10. The van der Waals surface area contributed by atoms with Crippen molar-refractivity contribution >= 4 is 6.03 Å². The van der Waals surface area contributed by atoms with E-state index in [1.54, 1.807) is 19.4 Å². The fraction of sp³-hybridized carbons (Fsp3) is 0.455. The second kappa shape index (κ2) is 5.95. The molecule has 0 atom stereocenters. The zero-order chi connectivity index (χ0) is 12.0. The smallest absolute Gasteiger partial charge is 0.315 e. The summed E-state index contributed by atoms with van der Waals surface area (Å²) in [5.41, 5.74) is 0.950. The quantitative estimate of drug-likeness (QED) is 0.808. The van der Waals surface area contributed by atoms with Crippen molar-refractivity contribution in [1.82, 2.24) is 15.6 Å². The Morgan fingerprint density at radius 2 is 2.31 bits per heavy atom. The zero-order valence-electron chi connectivity index (χ0n) is 9.78. The molecule has 5 heteroatoms. The normalized spacial score (nSPS) is 10.0. The highest BCUT2D eigenvalue weighted by atomic mass is 16.5. The number of pyridine rings is 1. The van der Waals surface area contributed by atoms with E-state index in [1.165, 1.54) is 0 Å². The molecule has 0 saturated heterocycles. The topological polar surface area (TPSA) is 63.2 Å². The van der Waals surface area contributed by atoms with Crippen molar-refractivity contribution in [2.45, 2.75) is 26.4 Å². The number of nitrogens with one attached hydrogen (secondary N) is 2. The van der Waals surface area contributed by atoms with Crippen molar-refractivity contribution in [3.05, 3.63) is 23.9 Å². The molecular formula is C11H17N3O2. The van der Waals surface area contributed by atoms with Crippen LogP contribution < -0.4 is 15.4 Å². The van der Waals surface area contributed by atoms with Gasteiger partial charge in [0.25, 0.3) is 0 Å². The van der Waals surface area contributed by atoms with Crippen LogP contribution in [0.15, 0.2) is 18.3 Å². The van der Waals surface area contributed by atoms with Gasteiger partial charge < -0.3 is 15.4 Å². The maximum absolute atomic E-state index is 11.3. The summed E-state index contributed by atoms with van der Waals surface area (Å²) in [6.07, 6.45) is 1.65. The van der Waals surface area contributed by atoms with E-state index < -0.39 is 0 Å². The minimum Gasteiger partial charge on any atom is -0.481 e. The lowest BCUT2D eigenvalue weighted by Crippen LogP contribution is -2.39. The molecule has 0 aliphatic heterocycles. The molecule has 16 heavy (non-hydrogen) atoms. The maximum Gasteiger partial charge on any atom is 0.315 e. The van der Waals surface area contributed by atoms with Gasteiger partial charge in [-0.2, -0.15) is 0 Å². The van der Waals surface area contributed by atoms with Crippen LogP contribution >= 0.6 is 0 Å². The Balaban J connectivity index is 2.45. The Bertz CT molecular complexity index is 353. The predicted octanol–water partition coefficient (Wildman–Crippen LogP) is 1.30. The summed E-state index contributed by atoms with van der Waals surface area (Å²) in [6, 6.07) is 3.58. The van der Waals surface area contributed by atoms with Gasteiger partial charge in [-0.25, -0.2) is 9.78 Å². The zero-order valence-corrected chi connectivity index (χ0v) is 9.78. The number of carbonyl (C=O) groups is 1. The molecule has 0 unspecified atom stereocenters. The third kappa shape index (κ3) is 4.16. The average molecular weight is 223 g/mol. The van der Waals surface area contributed by atoms with Gasteiger partial charge in [0.15, 0.2) is 0 Å². The molecule has 2 amide bonds. The van der Waals surface area contributed by atoms with Gasteiger partial charge in [-0.1, -0.05) is 0 Å². The van der Waals surface area contributed by atoms with E-state index in [0.29, 0.717) is 12.4 Å². The number of rotatable bonds is 4. The van der Waals surface area contributed by atoms with Crippen LogP contribution in [-0.4, -0.2) is 24.2 Å². The molecule has 0 aromatic carbocycles. The Hall–Kier alpha value is -1.78. The number of nitrogens with zero attached hydrogens (tertiary/aromatic N) is 1. The third-order valence-corrected chi connectivity index (χ3v) is 1.88. The molecule has 0 radical (unpaired) electrons. The van der Waals surface area contributed by atoms with Gasteiger partial charge in [0, 0.05) is 24.8 Å². The molecule has 0 aliphatic rings. The summed E-state index contributed by atoms with van der Waals surface area (Å²) in [5.74, 6) is 0.545. The number of aromatic nitrogens is 1. The summed E-state index contributed by atoms with van der Waals surface area (Å²) in [6.45, 7) is 4.28. The number of methoxy groups -OCH3 is 1. The molecule has 1 aromatic rings. The van der Waals surface area contributed by atoms with Gasteiger partial charge in [0.2, 0.25) is 5.88 Å². The molecule has 1 heterocycles. The lowest BCUT2D eigenvalue weighted by molar-refractivity contribution is 0.238. The van der Waals surface area contributed by atoms with Crippen LogP contribution in [0.25, 0.3) is 0 Å². The fourth-order valence-corrected chi connectivity index (χ4v) is 1.17. The molecule has 0 bridgehead atoms. The van der Waals surface area contributed by atoms with E-state index in [1.807, 2.05) is 19.9 Å². The number of amides is 2. The van der Waals surface area contributed by atoms with E-state index in [9.17, 15) is 4.79 Å². The first-order chi connectivity index (χ1) is 7.61.